The summed E-state index contributed by atoms with van der Waals surface area (Å²) in [6.07, 6.45) is 6.79. The highest BCUT2D eigenvalue weighted by atomic mass is 32.2. The third-order valence-corrected chi connectivity index (χ3v) is 7.17. The number of carbonyl (C=O) groups excluding carboxylic acids is 1. The van der Waals surface area contributed by atoms with Crippen molar-refractivity contribution in [2.24, 2.45) is 0 Å². The summed E-state index contributed by atoms with van der Waals surface area (Å²) >= 11 is 0. The Morgan fingerprint density at radius 3 is 2.78 bits per heavy atom. The molecule has 7 nitrogen and oxygen atoms in total. The van der Waals surface area contributed by atoms with Crippen LogP contribution in [0.1, 0.15) is 43.0 Å². The molecule has 0 unspecified atom stereocenters. The minimum atomic E-state index is -3.70. The van der Waals surface area contributed by atoms with Crippen molar-refractivity contribution >= 4 is 26.6 Å². The van der Waals surface area contributed by atoms with Crippen LogP contribution in [0.25, 0.3) is 10.8 Å². The van der Waals surface area contributed by atoms with Gasteiger partial charge in [0.2, 0.25) is 0 Å². The first kappa shape index (κ1) is 22.4. The smallest absolute Gasteiger partial charge is 0.254 e. The topological polar surface area (TPSA) is 88.6 Å². The minimum Gasteiger partial charge on any atom is -0.494 e. The normalized spacial score (nSPS) is 17.0. The van der Waals surface area contributed by atoms with Crippen LogP contribution < -0.4 is 9.57 Å². The van der Waals surface area contributed by atoms with Gasteiger partial charge >= 0.3 is 0 Å². The van der Waals surface area contributed by atoms with Crippen LogP contribution in [0.3, 0.4) is 0 Å². The zero-order valence-corrected chi connectivity index (χ0v) is 18.8. The first-order valence-electron chi connectivity index (χ1n) is 10.8. The Morgan fingerprint density at radius 1 is 1.19 bits per heavy atom. The summed E-state index contributed by atoms with van der Waals surface area (Å²) in [6, 6.07) is 14.2. The van der Waals surface area contributed by atoms with E-state index in [0.29, 0.717) is 24.1 Å². The second kappa shape index (κ2) is 9.77. The molecule has 0 aliphatic carbocycles. The number of benzene rings is 2. The fraction of sp³-hybridized carbons (Fsp3) is 0.333. The number of carbonyl (C=O) groups is 1. The van der Waals surface area contributed by atoms with E-state index in [1.165, 1.54) is 6.92 Å². The highest BCUT2D eigenvalue weighted by Gasteiger charge is 2.29. The highest BCUT2D eigenvalue weighted by molar-refractivity contribution is 7.89. The Hall–Kier alpha value is -2.81. The molecule has 0 radical (unpaired) electrons. The molecule has 168 valence electrons. The Balaban J connectivity index is 1.34. The molecule has 0 bridgehead atoms. The van der Waals surface area contributed by atoms with Gasteiger partial charge in [-0.05, 0) is 69.0 Å². The molecular formula is C24H27N3O4S. The number of Topliss-reactive ketones (excluding diaryl/α,β-unsaturated/α-hetero) is 1. The van der Waals surface area contributed by atoms with Gasteiger partial charge in [-0.1, -0.05) is 12.1 Å². The van der Waals surface area contributed by atoms with E-state index in [1.807, 2.05) is 11.1 Å². The number of rotatable bonds is 9. The molecule has 1 aromatic heterocycles. The molecule has 1 saturated heterocycles. The molecule has 2 heterocycles. The predicted octanol–water partition coefficient (Wildman–Crippen LogP) is 3.95. The number of ether oxygens (including phenoxy) is 1. The van der Waals surface area contributed by atoms with Crippen LogP contribution in [-0.4, -0.2) is 43.4 Å². The number of nitrogens with zero attached hydrogens (tertiary/aromatic N) is 2. The molecule has 8 heteroatoms. The van der Waals surface area contributed by atoms with Gasteiger partial charge in [-0.15, -0.1) is 4.83 Å². The average Bonchev–Trinajstić information content (AvgIpc) is 3.22. The molecule has 2 aromatic carbocycles. The first-order chi connectivity index (χ1) is 15.4. The van der Waals surface area contributed by atoms with E-state index in [1.54, 1.807) is 54.9 Å². The van der Waals surface area contributed by atoms with Gasteiger partial charge < -0.3 is 4.74 Å². The maximum Gasteiger partial charge on any atom is 0.254 e. The van der Waals surface area contributed by atoms with Crippen LogP contribution in [0.4, 0.5) is 0 Å². The van der Waals surface area contributed by atoms with Gasteiger partial charge in [0, 0.05) is 41.3 Å². The van der Waals surface area contributed by atoms with Crippen molar-refractivity contribution < 1.29 is 17.9 Å². The van der Waals surface area contributed by atoms with Crippen LogP contribution in [0.2, 0.25) is 0 Å². The fourth-order valence-electron chi connectivity index (χ4n) is 4.08. The summed E-state index contributed by atoms with van der Waals surface area (Å²) in [5.74, 6) is 0.755. The summed E-state index contributed by atoms with van der Waals surface area (Å²) in [5, 5.41) is 3.30. The minimum absolute atomic E-state index is 0.0282. The van der Waals surface area contributed by atoms with Crippen molar-refractivity contribution in [1.29, 1.82) is 0 Å². The van der Waals surface area contributed by atoms with E-state index in [0.717, 1.165) is 36.8 Å². The van der Waals surface area contributed by atoms with Crippen molar-refractivity contribution in [1.82, 2.24) is 14.8 Å². The molecule has 1 N–H and O–H groups in total. The summed E-state index contributed by atoms with van der Waals surface area (Å²) in [6.45, 7) is 2.76. The zero-order valence-electron chi connectivity index (χ0n) is 18.0. The number of fused-ring (bicyclic) bond motifs is 1. The molecule has 0 saturated carbocycles. The van der Waals surface area contributed by atoms with Crippen LogP contribution in [0.5, 0.6) is 5.75 Å². The summed E-state index contributed by atoms with van der Waals surface area (Å²) in [4.78, 5) is 18.5. The maximum atomic E-state index is 13.1. The van der Waals surface area contributed by atoms with Gasteiger partial charge in [0.25, 0.3) is 10.0 Å². The highest BCUT2D eigenvalue weighted by Crippen LogP contribution is 2.25. The number of pyridine rings is 1. The van der Waals surface area contributed by atoms with Crippen molar-refractivity contribution in [3.63, 3.8) is 0 Å². The number of hydrogen-bond acceptors (Lipinski definition) is 6. The molecule has 32 heavy (non-hydrogen) atoms. The molecule has 1 fully saturated rings. The second-order valence-electron chi connectivity index (χ2n) is 8.01. The maximum absolute atomic E-state index is 13.1. The third kappa shape index (κ3) is 5.15. The van der Waals surface area contributed by atoms with Crippen molar-refractivity contribution in [2.75, 3.05) is 13.2 Å². The number of hydrogen-bond donors (Lipinski definition) is 1. The van der Waals surface area contributed by atoms with Crippen molar-refractivity contribution in [2.45, 2.75) is 43.5 Å². The van der Waals surface area contributed by atoms with Crippen LogP contribution >= 0.6 is 0 Å². The summed E-state index contributed by atoms with van der Waals surface area (Å²) in [5.41, 5.74) is 0.661. The molecule has 0 spiro atoms. The monoisotopic (exact) mass is 453 g/mol. The Labute approximate surface area is 188 Å². The first-order valence-corrected chi connectivity index (χ1v) is 12.3. The number of nitrogens with one attached hydrogen (secondary N) is 1. The molecule has 3 aromatic rings. The number of ketones is 1. The lowest BCUT2D eigenvalue weighted by Gasteiger charge is -2.25. The quantitative estimate of drug-likeness (QED) is 0.390. The van der Waals surface area contributed by atoms with Crippen LogP contribution in [0.15, 0.2) is 65.8 Å². The van der Waals surface area contributed by atoms with Gasteiger partial charge in [-0.2, -0.15) is 0 Å². The molecule has 4 rings (SSSR count). The summed E-state index contributed by atoms with van der Waals surface area (Å²) < 4.78 is 32.0. The molecule has 0 amide bonds. The van der Waals surface area contributed by atoms with E-state index in [-0.39, 0.29) is 16.7 Å². The molecule has 1 atom stereocenters. The number of aromatic nitrogens is 1. The lowest BCUT2D eigenvalue weighted by atomic mass is 10.1. The second-order valence-corrected chi connectivity index (χ2v) is 9.64. The number of hydrazine groups is 1. The molecule has 1 aliphatic heterocycles. The van der Waals surface area contributed by atoms with Gasteiger partial charge in [0.05, 0.1) is 11.5 Å². The predicted molar refractivity (Wildman–Crippen MR) is 123 cm³/mol. The average molecular weight is 454 g/mol. The van der Waals surface area contributed by atoms with E-state index in [4.69, 9.17) is 4.74 Å². The van der Waals surface area contributed by atoms with Crippen molar-refractivity contribution in [3.8, 4) is 5.75 Å². The van der Waals surface area contributed by atoms with E-state index in [2.05, 4.69) is 9.82 Å². The SMILES string of the molecule is CC(=O)c1ccc(OCCC[C@H]2CCCN2NS(=O)(=O)c2cccc3cnccc23)cc1. The lowest BCUT2D eigenvalue weighted by molar-refractivity contribution is 0.101. The van der Waals surface area contributed by atoms with Gasteiger partial charge in [-0.3, -0.25) is 9.78 Å². The van der Waals surface area contributed by atoms with Crippen molar-refractivity contribution in [3.05, 3.63) is 66.5 Å². The fourth-order valence-corrected chi connectivity index (χ4v) is 5.46. The van der Waals surface area contributed by atoms with E-state index >= 15 is 0 Å². The Kier molecular flexibility index (Phi) is 6.83. The third-order valence-electron chi connectivity index (χ3n) is 5.76. The molecule has 1 aliphatic rings. The van der Waals surface area contributed by atoms with Crippen LogP contribution in [-0.2, 0) is 10.0 Å². The van der Waals surface area contributed by atoms with E-state index in [9.17, 15) is 13.2 Å². The Morgan fingerprint density at radius 2 is 2.00 bits per heavy atom. The van der Waals surface area contributed by atoms with Gasteiger partial charge in [0.15, 0.2) is 5.78 Å². The van der Waals surface area contributed by atoms with Gasteiger partial charge in [-0.25, -0.2) is 13.4 Å². The largest absolute Gasteiger partial charge is 0.494 e. The Bertz CT molecular complexity index is 1190. The van der Waals surface area contributed by atoms with E-state index < -0.39 is 10.0 Å². The standard InChI is InChI=1S/C24H27N3O4S/c1-18(28)19-9-11-22(12-10-19)31-16-4-7-21-6-3-15-27(21)26-32(29,30)24-8-2-5-20-17-25-14-13-23(20)24/h2,5,8-14,17,21,26H,3-4,6-7,15-16H2,1H3/t21-/m1/s1. The van der Waals surface area contributed by atoms with Crippen LogP contribution in [0, 0.1) is 0 Å². The van der Waals surface area contributed by atoms with Gasteiger partial charge in [0.1, 0.15) is 5.75 Å². The lowest BCUT2D eigenvalue weighted by Crippen LogP contribution is -2.45. The zero-order chi connectivity index (χ0) is 22.6. The molecular weight excluding hydrogens is 426 g/mol. The summed E-state index contributed by atoms with van der Waals surface area (Å²) in [7, 11) is -3.70. The number of sulfonamides is 1.